The molecular formula is C34H46N8O3. The zero-order valence-electron chi connectivity index (χ0n) is 25.7. The first kappa shape index (κ1) is 34.7. The number of guanidine groups is 1. The Morgan fingerprint density at radius 2 is 1.29 bits per heavy atom. The molecule has 3 aromatic carbocycles. The highest BCUT2D eigenvalue weighted by molar-refractivity contribution is 5.93. The molecule has 0 saturated carbocycles. The van der Waals surface area contributed by atoms with Crippen molar-refractivity contribution < 1.29 is 14.4 Å². The molecule has 45 heavy (non-hydrogen) atoms. The number of nitrogens with two attached hydrogens (primary N) is 4. The molecule has 3 rings (SSSR count). The average Bonchev–Trinajstić information content (AvgIpc) is 3.05. The van der Waals surface area contributed by atoms with Gasteiger partial charge in [0.1, 0.15) is 12.1 Å². The summed E-state index contributed by atoms with van der Waals surface area (Å²) in [6.07, 6.45) is 2.83. The molecule has 0 aliphatic rings. The van der Waals surface area contributed by atoms with Crippen molar-refractivity contribution in [1.29, 1.82) is 0 Å². The quantitative estimate of drug-likeness (QED) is 0.0641. The number of aliphatic imine (C=N–C) groups is 1. The van der Waals surface area contributed by atoms with E-state index in [0.717, 1.165) is 28.7 Å². The maximum absolute atomic E-state index is 13.8. The third-order valence-corrected chi connectivity index (χ3v) is 7.33. The van der Waals surface area contributed by atoms with E-state index in [0.29, 0.717) is 38.9 Å². The van der Waals surface area contributed by atoms with Gasteiger partial charge in [0.05, 0.1) is 6.04 Å². The Hall–Kier alpha value is -4.74. The maximum Gasteiger partial charge on any atom is 0.243 e. The third kappa shape index (κ3) is 12.4. The Balaban J connectivity index is 1.77. The van der Waals surface area contributed by atoms with Crippen LogP contribution in [0.2, 0.25) is 0 Å². The van der Waals surface area contributed by atoms with E-state index in [1.807, 2.05) is 84.9 Å². The number of rotatable bonds is 18. The molecule has 3 amide bonds. The van der Waals surface area contributed by atoms with Crippen LogP contribution in [0.4, 0.5) is 0 Å². The van der Waals surface area contributed by atoms with E-state index >= 15 is 0 Å². The van der Waals surface area contributed by atoms with Crippen molar-refractivity contribution >= 4 is 23.7 Å². The minimum absolute atomic E-state index is 0.0482. The lowest BCUT2D eigenvalue weighted by Crippen LogP contribution is -2.56. The number of unbranched alkanes of at least 4 members (excludes halogenated alkanes) is 1. The van der Waals surface area contributed by atoms with Crippen molar-refractivity contribution in [1.82, 2.24) is 16.0 Å². The van der Waals surface area contributed by atoms with Crippen LogP contribution in [0.15, 0.2) is 89.9 Å². The summed E-state index contributed by atoms with van der Waals surface area (Å²) in [6.45, 7) is 1.10. The van der Waals surface area contributed by atoms with Crippen molar-refractivity contribution in [3.8, 4) is 11.1 Å². The maximum atomic E-state index is 13.8. The molecule has 0 fully saturated rings. The highest BCUT2D eigenvalue weighted by Crippen LogP contribution is 2.20. The van der Waals surface area contributed by atoms with Crippen molar-refractivity contribution in [3.63, 3.8) is 0 Å². The summed E-state index contributed by atoms with van der Waals surface area (Å²) in [5, 5.41) is 8.59. The average molecular weight is 615 g/mol. The number of benzene rings is 3. The van der Waals surface area contributed by atoms with Crippen molar-refractivity contribution in [2.24, 2.45) is 27.9 Å². The fraction of sp³-hybridized carbons (Fsp3) is 0.353. The van der Waals surface area contributed by atoms with Crippen LogP contribution in [-0.4, -0.2) is 54.9 Å². The molecule has 0 radical (unpaired) electrons. The van der Waals surface area contributed by atoms with E-state index in [1.165, 1.54) is 0 Å². The molecule has 3 aromatic rings. The Morgan fingerprint density at radius 1 is 0.667 bits per heavy atom. The van der Waals surface area contributed by atoms with Gasteiger partial charge in [0.15, 0.2) is 5.96 Å². The van der Waals surface area contributed by atoms with Crippen LogP contribution in [0.5, 0.6) is 0 Å². The van der Waals surface area contributed by atoms with Crippen LogP contribution in [0.25, 0.3) is 11.1 Å². The molecule has 0 saturated heterocycles. The van der Waals surface area contributed by atoms with Crippen LogP contribution in [0.1, 0.15) is 43.2 Å². The lowest BCUT2D eigenvalue weighted by Gasteiger charge is -2.24. The molecule has 11 nitrogen and oxygen atoms in total. The number of hydrogen-bond donors (Lipinski definition) is 7. The number of hydrogen-bond acceptors (Lipinski definition) is 6. The van der Waals surface area contributed by atoms with Crippen molar-refractivity contribution in [3.05, 3.63) is 96.1 Å². The molecule has 0 unspecified atom stereocenters. The highest BCUT2D eigenvalue weighted by atomic mass is 16.2. The molecule has 11 heteroatoms. The number of amides is 3. The van der Waals surface area contributed by atoms with E-state index in [-0.39, 0.29) is 24.7 Å². The van der Waals surface area contributed by atoms with Gasteiger partial charge in [-0.05, 0) is 54.5 Å². The predicted molar refractivity (Wildman–Crippen MR) is 179 cm³/mol. The second-order valence-corrected chi connectivity index (χ2v) is 10.9. The summed E-state index contributed by atoms with van der Waals surface area (Å²) in [5.41, 5.74) is 26.5. The van der Waals surface area contributed by atoms with Crippen molar-refractivity contribution in [2.75, 3.05) is 13.1 Å². The second-order valence-electron chi connectivity index (χ2n) is 10.9. The minimum atomic E-state index is -0.970. The van der Waals surface area contributed by atoms with Crippen LogP contribution in [-0.2, 0) is 27.3 Å². The van der Waals surface area contributed by atoms with Gasteiger partial charge in [-0.15, -0.1) is 0 Å². The zero-order valence-corrected chi connectivity index (χ0v) is 25.7. The van der Waals surface area contributed by atoms with Crippen LogP contribution in [0.3, 0.4) is 0 Å². The minimum Gasteiger partial charge on any atom is -0.370 e. The lowest BCUT2D eigenvalue weighted by atomic mass is 9.99. The molecule has 3 atom stereocenters. The normalized spacial score (nSPS) is 12.8. The number of carbonyl (C=O) groups is 3. The van der Waals surface area contributed by atoms with Gasteiger partial charge in [0.25, 0.3) is 0 Å². The molecule has 0 aliphatic heterocycles. The first-order valence-corrected chi connectivity index (χ1v) is 15.3. The molecule has 0 spiro atoms. The third-order valence-electron chi connectivity index (χ3n) is 7.33. The van der Waals surface area contributed by atoms with Gasteiger partial charge in [-0.1, -0.05) is 91.3 Å². The Bertz CT molecular complexity index is 1360. The summed E-state index contributed by atoms with van der Waals surface area (Å²) < 4.78 is 0. The second kappa shape index (κ2) is 18.8. The van der Waals surface area contributed by atoms with E-state index < -0.39 is 29.9 Å². The summed E-state index contributed by atoms with van der Waals surface area (Å²) in [6, 6.07) is 24.6. The molecular weight excluding hydrogens is 568 g/mol. The Kier molecular flexibility index (Phi) is 14.5. The Morgan fingerprint density at radius 3 is 1.93 bits per heavy atom. The van der Waals surface area contributed by atoms with Gasteiger partial charge in [0, 0.05) is 19.5 Å². The smallest absolute Gasteiger partial charge is 0.243 e. The van der Waals surface area contributed by atoms with Gasteiger partial charge in [-0.2, -0.15) is 0 Å². The summed E-state index contributed by atoms with van der Waals surface area (Å²) in [5.74, 6) is -1.34. The highest BCUT2D eigenvalue weighted by Gasteiger charge is 2.28. The summed E-state index contributed by atoms with van der Waals surface area (Å²) in [7, 11) is 0. The predicted octanol–water partition coefficient (Wildman–Crippen LogP) is 1.69. The number of nitrogens with one attached hydrogen (secondary N) is 3. The molecule has 240 valence electrons. The molecule has 0 bridgehead atoms. The largest absolute Gasteiger partial charge is 0.370 e. The number of carbonyl (C=O) groups excluding carboxylic acids is 3. The zero-order chi connectivity index (χ0) is 32.4. The molecule has 0 heterocycles. The summed E-state index contributed by atoms with van der Waals surface area (Å²) in [4.78, 5) is 44.1. The standard InChI is InChI=1S/C34H46N8O3/c35-20-8-7-14-28(36)31(43)42-30(22-24-16-18-27(19-17-24)26-12-5-2-6-13-26)33(45)41-29(15-9-21-39-34(37)38)32(44)40-23-25-10-3-1-4-11-25/h1-6,10-13,16-19,28-30H,7-9,14-15,20-23,35-36H2,(H,40,44)(H,41,45)(H,42,43)(H4,37,38,39)/t28-,29-,30-/m0/s1. The SMILES string of the molecule is NCCCC[C@H](N)C(=O)N[C@@H](Cc1ccc(-c2ccccc2)cc1)C(=O)N[C@@H](CCCN=C(N)N)C(=O)NCc1ccccc1. The number of nitrogens with zero attached hydrogens (tertiary/aromatic N) is 1. The first-order valence-electron chi connectivity index (χ1n) is 15.3. The van der Waals surface area contributed by atoms with Crippen LogP contribution >= 0.6 is 0 Å². The van der Waals surface area contributed by atoms with Gasteiger partial charge in [-0.25, -0.2) is 0 Å². The van der Waals surface area contributed by atoms with Gasteiger partial charge in [0.2, 0.25) is 17.7 Å². The van der Waals surface area contributed by atoms with Crippen molar-refractivity contribution in [2.45, 2.75) is 63.2 Å². The van der Waals surface area contributed by atoms with E-state index in [2.05, 4.69) is 20.9 Å². The summed E-state index contributed by atoms with van der Waals surface area (Å²) >= 11 is 0. The van der Waals surface area contributed by atoms with Gasteiger partial charge >= 0.3 is 0 Å². The lowest BCUT2D eigenvalue weighted by molar-refractivity contribution is -0.132. The fourth-order valence-electron chi connectivity index (χ4n) is 4.78. The topological polar surface area (TPSA) is 204 Å². The molecule has 11 N–H and O–H groups in total. The monoisotopic (exact) mass is 614 g/mol. The van der Waals surface area contributed by atoms with Crippen LogP contribution < -0.4 is 38.9 Å². The Labute approximate surface area is 265 Å². The van der Waals surface area contributed by atoms with E-state index in [4.69, 9.17) is 22.9 Å². The van der Waals surface area contributed by atoms with Gasteiger partial charge < -0.3 is 38.9 Å². The fourth-order valence-corrected chi connectivity index (χ4v) is 4.78. The molecule has 0 aromatic heterocycles. The van der Waals surface area contributed by atoms with E-state index in [1.54, 1.807) is 0 Å². The first-order chi connectivity index (χ1) is 21.8. The van der Waals surface area contributed by atoms with Crippen LogP contribution in [0, 0.1) is 0 Å². The van der Waals surface area contributed by atoms with Gasteiger partial charge in [-0.3, -0.25) is 19.4 Å². The van der Waals surface area contributed by atoms with E-state index in [9.17, 15) is 14.4 Å². The molecule has 0 aliphatic carbocycles.